The number of piperazine rings is 1. The van der Waals surface area contributed by atoms with Crippen LogP contribution in [0.3, 0.4) is 0 Å². The number of hydrogen-bond donors (Lipinski definition) is 3. The first kappa shape index (κ1) is 29.8. The Bertz CT molecular complexity index is 1710. The Hall–Kier alpha value is -4.23. The van der Waals surface area contributed by atoms with Crippen LogP contribution < -0.4 is 20.9 Å². The summed E-state index contributed by atoms with van der Waals surface area (Å²) in [6.07, 6.45) is -1.01. The van der Waals surface area contributed by atoms with E-state index in [2.05, 4.69) is 30.8 Å². The summed E-state index contributed by atoms with van der Waals surface area (Å²) in [6.45, 7) is 7.34. The van der Waals surface area contributed by atoms with Crippen molar-refractivity contribution >= 4 is 56.2 Å². The van der Waals surface area contributed by atoms with E-state index in [0.29, 0.717) is 53.1 Å². The second-order valence-electron chi connectivity index (χ2n) is 11.1. The number of halogens is 3. The van der Waals surface area contributed by atoms with Gasteiger partial charge in [0.15, 0.2) is 0 Å². The normalized spacial score (nSPS) is 15.8. The lowest BCUT2D eigenvalue weighted by Gasteiger charge is -2.36. The first-order valence-corrected chi connectivity index (χ1v) is 15.4. The van der Waals surface area contributed by atoms with Crippen molar-refractivity contribution in [2.45, 2.75) is 38.9 Å². The molecule has 3 heterocycles. The van der Waals surface area contributed by atoms with Gasteiger partial charge in [0.25, 0.3) is 11.8 Å². The Balaban J connectivity index is 1.21. The van der Waals surface area contributed by atoms with Crippen molar-refractivity contribution < 1.29 is 22.8 Å². The van der Waals surface area contributed by atoms with Gasteiger partial charge in [0.2, 0.25) is 0 Å². The van der Waals surface area contributed by atoms with Crippen molar-refractivity contribution in [3.63, 3.8) is 0 Å². The molecule has 1 saturated carbocycles. The van der Waals surface area contributed by atoms with Gasteiger partial charge in [-0.05, 0) is 62.2 Å². The molecular formula is C31H32F3N7O2S. The standard InChI is InChI=1S/C31H32F3N7O2S/c1-3-40-8-10-41(11-9-40)23-13-19(12-20(14-23)31(32,33)34)29(42)38-22-5-4-18(2)25(15-22)39-30(43)24-16-44-27-26(24)35-17-36-28(27)37-21-6-7-21/h4-5,12-17,21H,3,6-11H2,1-2H3,(H,38,42)(H,39,43)(H,35,36,37). The highest BCUT2D eigenvalue weighted by molar-refractivity contribution is 7.18. The Labute approximate surface area is 256 Å². The third-order valence-corrected chi connectivity index (χ3v) is 8.93. The second-order valence-corrected chi connectivity index (χ2v) is 12.0. The van der Waals surface area contributed by atoms with E-state index in [1.165, 1.54) is 23.7 Å². The smallest absolute Gasteiger partial charge is 0.369 e. The number of carbonyl (C=O) groups is 2. The van der Waals surface area contributed by atoms with Crippen molar-refractivity contribution in [2.75, 3.05) is 53.6 Å². The number of amides is 2. The fourth-order valence-electron chi connectivity index (χ4n) is 5.17. The van der Waals surface area contributed by atoms with E-state index < -0.39 is 17.6 Å². The number of fused-ring (bicyclic) bond motifs is 1. The molecule has 6 rings (SSSR count). The molecule has 2 aromatic heterocycles. The molecule has 2 aromatic carbocycles. The van der Waals surface area contributed by atoms with Gasteiger partial charge in [0, 0.05) is 60.2 Å². The average Bonchev–Trinajstić information content (AvgIpc) is 3.72. The van der Waals surface area contributed by atoms with Crippen LogP contribution in [0.2, 0.25) is 0 Å². The largest absolute Gasteiger partial charge is 0.416 e. The maximum atomic E-state index is 13.8. The average molecular weight is 624 g/mol. The summed E-state index contributed by atoms with van der Waals surface area (Å²) in [5.41, 5.74) is 1.86. The number of rotatable bonds is 8. The molecule has 9 nitrogen and oxygen atoms in total. The fourth-order valence-corrected chi connectivity index (χ4v) is 6.13. The Kier molecular flexibility index (Phi) is 8.16. The molecule has 44 heavy (non-hydrogen) atoms. The number of aromatic nitrogens is 2. The van der Waals surface area contributed by atoms with Gasteiger partial charge in [0.05, 0.1) is 21.3 Å². The van der Waals surface area contributed by atoms with Crippen LogP contribution >= 0.6 is 11.3 Å². The second kappa shape index (κ2) is 12.0. The minimum atomic E-state index is -4.61. The number of nitrogens with one attached hydrogen (secondary N) is 3. The first-order valence-electron chi connectivity index (χ1n) is 14.5. The van der Waals surface area contributed by atoms with Gasteiger partial charge in [-0.25, -0.2) is 9.97 Å². The van der Waals surface area contributed by atoms with Gasteiger partial charge in [-0.1, -0.05) is 13.0 Å². The minimum absolute atomic E-state index is 0.0982. The molecule has 2 fully saturated rings. The predicted octanol–water partition coefficient (Wildman–Crippen LogP) is 6.24. The number of benzene rings is 2. The molecule has 1 aliphatic carbocycles. The van der Waals surface area contributed by atoms with Crippen molar-refractivity contribution in [1.29, 1.82) is 0 Å². The molecule has 0 bridgehead atoms. The number of alkyl halides is 3. The molecule has 4 aromatic rings. The fraction of sp³-hybridized carbons (Fsp3) is 0.355. The van der Waals surface area contributed by atoms with Crippen LogP contribution in [0.25, 0.3) is 10.2 Å². The van der Waals surface area contributed by atoms with Crippen LogP contribution in [0.5, 0.6) is 0 Å². The highest BCUT2D eigenvalue weighted by atomic mass is 32.1. The number of aryl methyl sites for hydroxylation is 1. The quantitative estimate of drug-likeness (QED) is 0.214. The first-order chi connectivity index (χ1) is 21.1. The van der Waals surface area contributed by atoms with Gasteiger partial charge in [-0.2, -0.15) is 13.2 Å². The maximum Gasteiger partial charge on any atom is 0.416 e. The van der Waals surface area contributed by atoms with Crippen LogP contribution in [-0.4, -0.2) is 65.4 Å². The number of likely N-dealkylation sites (N-methyl/N-ethyl adjacent to an activating group) is 1. The Morgan fingerprint density at radius 3 is 2.48 bits per heavy atom. The third-order valence-electron chi connectivity index (χ3n) is 7.95. The van der Waals surface area contributed by atoms with E-state index in [0.717, 1.165) is 54.9 Å². The highest BCUT2D eigenvalue weighted by Crippen LogP contribution is 2.35. The molecular weight excluding hydrogens is 591 g/mol. The van der Waals surface area contributed by atoms with Crippen molar-refractivity contribution in [1.82, 2.24) is 14.9 Å². The molecule has 1 saturated heterocycles. The molecule has 1 aliphatic heterocycles. The summed E-state index contributed by atoms with van der Waals surface area (Å²) >= 11 is 1.39. The number of carbonyl (C=O) groups excluding carboxylic acids is 2. The van der Waals surface area contributed by atoms with Crippen molar-refractivity contribution in [3.8, 4) is 0 Å². The molecule has 2 amide bonds. The summed E-state index contributed by atoms with van der Waals surface area (Å²) in [4.78, 5) is 39.4. The summed E-state index contributed by atoms with van der Waals surface area (Å²) < 4.78 is 42.3. The minimum Gasteiger partial charge on any atom is -0.369 e. The van der Waals surface area contributed by atoms with Crippen molar-refractivity contribution in [2.24, 2.45) is 0 Å². The topological polar surface area (TPSA) is 102 Å². The number of nitrogens with zero attached hydrogens (tertiary/aromatic N) is 4. The zero-order chi connectivity index (χ0) is 31.0. The molecule has 230 valence electrons. The van der Waals surface area contributed by atoms with E-state index in [-0.39, 0.29) is 11.5 Å². The molecule has 0 atom stereocenters. The van der Waals surface area contributed by atoms with Crippen LogP contribution in [0.4, 0.5) is 36.1 Å². The lowest BCUT2D eigenvalue weighted by Crippen LogP contribution is -2.46. The van der Waals surface area contributed by atoms with Crippen LogP contribution in [0, 0.1) is 6.92 Å². The summed E-state index contributed by atoms with van der Waals surface area (Å²) in [5.74, 6) is -0.338. The summed E-state index contributed by atoms with van der Waals surface area (Å²) in [5, 5.41) is 10.7. The van der Waals surface area contributed by atoms with E-state index >= 15 is 0 Å². The van der Waals surface area contributed by atoms with Gasteiger partial charge < -0.3 is 25.8 Å². The van der Waals surface area contributed by atoms with Crippen molar-refractivity contribution in [3.05, 3.63) is 70.4 Å². The van der Waals surface area contributed by atoms with Gasteiger partial charge in [-0.3, -0.25) is 9.59 Å². The van der Waals surface area contributed by atoms with E-state index in [1.807, 2.05) is 18.7 Å². The Morgan fingerprint density at radius 2 is 1.77 bits per heavy atom. The van der Waals surface area contributed by atoms with E-state index in [1.54, 1.807) is 23.6 Å². The Morgan fingerprint density at radius 1 is 1.00 bits per heavy atom. The summed E-state index contributed by atoms with van der Waals surface area (Å²) in [6, 6.07) is 8.82. The highest BCUT2D eigenvalue weighted by Gasteiger charge is 2.33. The van der Waals surface area contributed by atoms with Crippen LogP contribution in [0.15, 0.2) is 48.1 Å². The molecule has 0 radical (unpaired) electrons. The number of thiophene rings is 1. The molecule has 0 spiro atoms. The summed E-state index contributed by atoms with van der Waals surface area (Å²) in [7, 11) is 0. The monoisotopic (exact) mass is 623 g/mol. The SMILES string of the molecule is CCN1CCN(c2cc(C(=O)Nc3ccc(C)c(NC(=O)c4csc5c(NC6CC6)ncnc45)c3)cc(C(F)(F)F)c2)CC1. The number of hydrogen-bond acceptors (Lipinski definition) is 8. The zero-order valence-corrected chi connectivity index (χ0v) is 25.1. The molecule has 0 unspecified atom stereocenters. The number of anilines is 4. The van der Waals surface area contributed by atoms with Gasteiger partial charge in [-0.15, -0.1) is 11.3 Å². The lowest BCUT2D eigenvalue weighted by atomic mass is 10.1. The third kappa shape index (κ3) is 6.48. The zero-order valence-electron chi connectivity index (χ0n) is 24.3. The van der Waals surface area contributed by atoms with Crippen LogP contribution in [-0.2, 0) is 6.18 Å². The van der Waals surface area contributed by atoms with Gasteiger partial charge >= 0.3 is 6.18 Å². The molecule has 2 aliphatic rings. The van der Waals surface area contributed by atoms with E-state index in [9.17, 15) is 22.8 Å². The lowest BCUT2D eigenvalue weighted by molar-refractivity contribution is -0.137. The predicted molar refractivity (Wildman–Crippen MR) is 167 cm³/mol. The van der Waals surface area contributed by atoms with E-state index in [4.69, 9.17) is 0 Å². The maximum absolute atomic E-state index is 13.8. The van der Waals surface area contributed by atoms with Gasteiger partial charge in [0.1, 0.15) is 12.1 Å². The van der Waals surface area contributed by atoms with Crippen LogP contribution in [0.1, 0.15) is 51.6 Å². The molecule has 3 N–H and O–H groups in total. The molecule has 13 heteroatoms.